The number of anilines is 2. The fourth-order valence-corrected chi connectivity index (χ4v) is 15.1. The molecule has 2 aliphatic carbocycles. The van der Waals surface area contributed by atoms with Crippen LogP contribution in [0, 0.1) is 11.6 Å². The standard InChI is InChI=1S/C42H43F4N7O5.C22H17F4N3O3.C20H28N4O3.CH3F.CH4/c1-47-37-28-19-27(31(42(44,45)46)20-34(28)50-21-29(37)39(56)51-24-10-11-24)23-9-12-26(32(43)18-23)38(55)49-16-7-5-3-2-4-6-8-33-30-22-53(41(58)25(30)15-17-48-33)35-13-14-36(54)52-40(35)57;1-27-19-14-7-13(10-2-5-12(21(31)32)17(23)6-10)16(22(24,25)26)8-18(14)28-9-15(19)20(30)29-11-3-4-11;21-11-6-4-2-1-3-5-7-16-15-13-24(20(27)14(15)10-12-22-16)17-8-9-18(25)23-19(17)26;1-2;/h9,12,15,17-21,24,35H,2-8,10-11,13-14,16,22H2,1H3,(H,47,50)(H,49,55)(H,51,56)(H,52,54,57);2,5-9,11H,3-4H2,1H3,(H,27,28)(H,29,30)(H,31,32);10,12,17H,1-9,11,13,21H2,(H,23,25,26);1H3;1H4/i;;;1D;. The molecule has 8 aromatic rings. The summed E-state index contributed by atoms with van der Waals surface area (Å²) >= 11 is 0. The second-order valence-corrected chi connectivity index (χ2v) is 29.8. The molecule has 2 saturated heterocycles. The third-order valence-corrected chi connectivity index (χ3v) is 21.6. The highest BCUT2D eigenvalue weighted by molar-refractivity contribution is 6.11. The number of rotatable bonds is 29. The van der Waals surface area contributed by atoms with Crippen molar-refractivity contribution in [3.63, 3.8) is 0 Å². The van der Waals surface area contributed by atoms with Crippen molar-refractivity contribution >= 4 is 92.3 Å². The number of aromatic carboxylic acids is 1. The lowest BCUT2D eigenvalue weighted by molar-refractivity contribution is -0.138. The van der Waals surface area contributed by atoms with Crippen LogP contribution in [0.3, 0.4) is 0 Å². The molecule has 120 heavy (non-hydrogen) atoms. The van der Waals surface area contributed by atoms with Gasteiger partial charge in [-0.3, -0.25) is 78.1 Å². The van der Waals surface area contributed by atoms with E-state index in [0.29, 0.717) is 49.0 Å². The van der Waals surface area contributed by atoms with Crippen molar-refractivity contribution < 1.29 is 93.9 Å². The van der Waals surface area contributed by atoms with Crippen LogP contribution in [-0.2, 0) is 57.5 Å². The number of aryl methyl sites for hydroxylation is 2. The minimum atomic E-state index is -4.80. The van der Waals surface area contributed by atoms with Crippen molar-refractivity contribution in [1.29, 1.82) is 0 Å². The molecular formula is C86H95F9N14O11. The van der Waals surface area contributed by atoms with Gasteiger partial charge in [-0.05, 0) is 167 Å². The molecule has 9 amide bonds. The summed E-state index contributed by atoms with van der Waals surface area (Å²) < 4.78 is 130. The Balaban J connectivity index is 0.000000205. The van der Waals surface area contributed by atoms with E-state index in [-0.39, 0.29) is 141 Å². The molecule has 34 heteroatoms. The number of amides is 9. The van der Waals surface area contributed by atoms with Gasteiger partial charge < -0.3 is 47.2 Å². The molecule has 2 atom stereocenters. The highest BCUT2D eigenvalue weighted by Crippen LogP contribution is 2.45. The SMILES string of the molecule is C.CNc1c(C(=O)NC2CC2)cnc2cc(C(F)(F)F)c(-c3ccc(C(=O)NCCCCCCCCc4nccc5c4CN(C4CCC(=O)NC4=O)C5=O)c(F)c3)cc12.CNc1c(C(=O)NC2CC2)cnc2cc(C(F)(F)F)c(-c3ccc(C(=O)O)c(F)c3)cc12.NCCCCCCCCc1nccc2c1CN(C1CCC(=O)NC1=O)C2=O.[2H]CF. The van der Waals surface area contributed by atoms with Crippen LogP contribution in [0.1, 0.15) is 233 Å². The number of unbranched alkanes of at least 4 members (excludes halogenated alkanes) is 10. The molecule has 6 aliphatic rings. The lowest BCUT2D eigenvalue weighted by Gasteiger charge is -2.29. The fraction of sp³-hybridized carbons (Fsp3) is 0.419. The summed E-state index contributed by atoms with van der Waals surface area (Å²) in [5.74, 6) is -6.93. The zero-order valence-electron chi connectivity index (χ0n) is 66.3. The van der Waals surface area contributed by atoms with Gasteiger partial charge in [0.25, 0.3) is 29.5 Å². The first kappa shape index (κ1) is 88.8. The van der Waals surface area contributed by atoms with E-state index in [9.17, 15) is 83.1 Å². The van der Waals surface area contributed by atoms with Gasteiger partial charge in [0.15, 0.2) is 0 Å². The van der Waals surface area contributed by atoms with E-state index in [2.05, 4.69) is 57.2 Å². The van der Waals surface area contributed by atoms with E-state index in [4.69, 9.17) is 12.2 Å². The summed E-state index contributed by atoms with van der Waals surface area (Å²) in [5, 5.41) is 28.3. The molecule has 4 aromatic heterocycles. The van der Waals surface area contributed by atoms with Gasteiger partial charge in [-0.1, -0.05) is 70.9 Å². The Bertz CT molecular complexity index is 5240. The van der Waals surface area contributed by atoms with Crippen LogP contribution < -0.4 is 43.0 Å². The molecule has 2 unspecified atom stereocenters. The number of carboxylic acid groups (broad SMARTS) is 1. The molecular weight excluding hydrogens is 1580 g/mol. The van der Waals surface area contributed by atoms with Gasteiger partial charge in [0.05, 0.1) is 64.3 Å². The lowest BCUT2D eigenvalue weighted by atomic mass is 9.94. The fourth-order valence-electron chi connectivity index (χ4n) is 15.1. The number of carbonyl (C=O) groups excluding carboxylic acids is 9. The van der Waals surface area contributed by atoms with Crippen LogP contribution >= 0.6 is 0 Å². The summed E-state index contributed by atoms with van der Waals surface area (Å²) in [6, 6.07) is 12.5. The first-order valence-electron chi connectivity index (χ1n) is 40.1. The molecule has 10 N–H and O–H groups in total. The number of carboxylic acids is 1. The molecule has 2 saturated carbocycles. The monoisotopic (exact) mass is 1670 g/mol. The number of hydrogen-bond acceptors (Lipinski definition) is 17. The Morgan fingerprint density at radius 1 is 0.525 bits per heavy atom. The average molecular weight is 1670 g/mol. The van der Waals surface area contributed by atoms with Crippen molar-refractivity contribution in [2.75, 3.05) is 45.0 Å². The number of alkyl halides is 7. The van der Waals surface area contributed by atoms with E-state index < -0.39 is 89.5 Å². The Hall–Kier alpha value is -12.0. The highest BCUT2D eigenvalue weighted by Gasteiger charge is 2.43. The normalized spacial score (nSPS) is 16.2. The molecule has 4 aliphatic heterocycles. The van der Waals surface area contributed by atoms with Crippen molar-refractivity contribution in [3.05, 3.63) is 176 Å². The molecule has 0 bridgehead atoms. The number of halogens is 9. The molecule has 4 fully saturated rings. The number of nitrogens with zero attached hydrogens (tertiary/aromatic N) is 6. The maximum Gasteiger partial charge on any atom is 0.417 e. The lowest BCUT2D eigenvalue weighted by Crippen LogP contribution is -2.52. The van der Waals surface area contributed by atoms with Crippen molar-refractivity contribution in [3.8, 4) is 22.3 Å². The first-order valence-corrected chi connectivity index (χ1v) is 39.4. The van der Waals surface area contributed by atoms with E-state index in [1.165, 1.54) is 67.9 Å². The number of benzene rings is 4. The smallest absolute Gasteiger partial charge is 0.417 e. The van der Waals surface area contributed by atoms with E-state index in [0.717, 1.165) is 149 Å². The molecule has 14 rings (SSSR count). The number of piperidine rings is 2. The van der Waals surface area contributed by atoms with Gasteiger partial charge in [0, 0.05) is 128 Å². The summed E-state index contributed by atoms with van der Waals surface area (Å²) in [5.41, 5.74) is 7.20. The minimum absolute atomic E-state index is 0. The quantitative estimate of drug-likeness (QED) is 0.0119. The van der Waals surface area contributed by atoms with Crippen LogP contribution in [-0.4, -0.2) is 152 Å². The Morgan fingerprint density at radius 3 is 1.30 bits per heavy atom. The first-order chi connectivity index (χ1) is 57.5. The number of pyridine rings is 4. The van der Waals surface area contributed by atoms with E-state index >= 15 is 4.39 Å². The van der Waals surface area contributed by atoms with Crippen LogP contribution in [0.5, 0.6) is 0 Å². The van der Waals surface area contributed by atoms with Crippen molar-refractivity contribution in [1.82, 2.24) is 56.3 Å². The van der Waals surface area contributed by atoms with Crippen LogP contribution in [0.25, 0.3) is 44.1 Å². The average Bonchev–Trinajstić information content (AvgIpc) is 1.69. The molecule has 0 radical (unpaired) electrons. The van der Waals surface area contributed by atoms with Gasteiger partial charge in [0.1, 0.15) is 23.7 Å². The van der Waals surface area contributed by atoms with Gasteiger partial charge in [-0.25, -0.2) is 13.6 Å². The zero-order chi connectivity index (χ0) is 86.3. The van der Waals surface area contributed by atoms with Crippen molar-refractivity contribution in [2.24, 2.45) is 5.73 Å². The molecule has 4 aromatic carbocycles. The van der Waals surface area contributed by atoms with Crippen LogP contribution in [0.2, 0.25) is 0 Å². The summed E-state index contributed by atoms with van der Waals surface area (Å²) in [6.45, 7) is 1.74. The Labute approximate surface area is 687 Å². The highest BCUT2D eigenvalue weighted by atomic mass is 19.4. The molecule has 25 nitrogen and oxygen atoms in total. The summed E-state index contributed by atoms with van der Waals surface area (Å²) in [7, 11) is 2.08. The van der Waals surface area contributed by atoms with Gasteiger partial charge in [-0.15, -0.1) is 0 Å². The number of imide groups is 2. The molecule has 638 valence electrons. The van der Waals surface area contributed by atoms with E-state index in [1.54, 1.807) is 36.5 Å². The number of aromatic nitrogens is 4. The molecule has 8 heterocycles. The summed E-state index contributed by atoms with van der Waals surface area (Å²) in [4.78, 5) is 143. The Morgan fingerprint density at radius 2 is 0.925 bits per heavy atom. The topological polar surface area (TPSA) is 359 Å². The maximum absolute atomic E-state index is 15.4. The predicted octanol–water partition coefficient (Wildman–Crippen LogP) is 14.1. The van der Waals surface area contributed by atoms with E-state index in [1.807, 2.05) is 0 Å². The predicted molar refractivity (Wildman–Crippen MR) is 430 cm³/mol. The van der Waals surface area contributed by atoms with Gasteiger partial charge in [0.2, 0.25) is 23.6 Å². The summed E-state index contributed by atoms with van der Waals surface area (Å²) in [6.07, 6.45) is 14.1. The Kier molecular flexibility index (Phi) is 29.8. The number of carbonyl (C=O) groups is 10. The zero-order valence-corrected chi connectivity index (χ0v) is 65.3. The van der Waals surface area contributed by atoms with Gasteiger partial charge >= 0.3 is 18.3 Å². The number of nitrogens with two attached hydrogens (primary N) is 1. The van der Waals surface area contributed by atoms with Crippen LogP contribution in [0.15, 0.2) is 97.6 Å². The van der Waals surface area contributed by atoms with Crippen LogP contribution in [0.4, 0.5) is 50.9 Å². The van der Waals surface area contributed by atoms with Gasteiger partial charge in [-0.2, -0.15) is 26.3 Å². The molecule has 0 spiro atoms. The second-order valence-electron chi connectivity index (χ2n) is 29.8. The third kappa shape index (κ3) is 21.5. The largest absolute Gasteiger partial charge is 0.478 e. The number of nitrogens with one attached hydrogen (secondary N) is 7. The second kappa shape index (κ2) is 40.2. The number of hydrogen-bond donors (Lipinski definition) is 9. The van der Waals surface area contributed by atoms with Crippen molar-refractivity contribution in [2.45, 2.75) is 198 Å². The number of fused-ring (bicyclic) bond motifs is 4. The maximum atomic E-state index is 15.4. The third-order valence-electron chi connectivity index (χ3n) is 21.6. The minimum Gasteiger partial charge on any atom is -0.478 e.